The molecular weight excluding hydrogens is 266 g/mol. The van der Waals surface area contributed by atoms with Gasteiger partial charge in [0.25, 0.3) is 0 Å². The van der Waals surface area contributed by atoms with Crippen LogP contribution in [0.5, 0.6) is 0 Å². The molecule has 116 valence electrons. The van der Waals surface area contributed by atoms with Crippen molar-refractivity contribution in [1.82, 2.24) is 5.32 Å². The Hall–Kier alpha value is -1.84. The normalized spacial score (nSPS) is 11.7. The summed E-state index contributed by atoms with van der Waals surface area (Å²) in [5, 5.41) is 2.98. The number of hydrogen-bond donors (Lipinski definition) is 1. The summed E-state index contributed by atoms with van der Waals surface area (Å²) in [6.07, 6.45) is 3.84. The molecule has 1 rings (SSSR count). The fourth-order valence-corrected chi connectivity index (χ4v) is 2.27. The molecule has 1 aromatic rings. The van der Waals surface area contributed by atoms with Crippen LogP contribution in [0.1, 0.15) is 50.5 Å². The molecule has 1 N–H and O–H groups in total. The fraction of sp³-hybridized carbons (Fsp3) is 0.529. The van der Waals surface area contributed by atoms with Crippen LogP contribution in [-0.2, 0) is 14.3 Å². The first-order valence-corrected chi connectivity index (χ1v) is 7.58. The molecule has 1 unspecified atom stereocenters. The lowest BCUT2D eigenvalue weighted by atomic mass is 9.95. The van der Waals surface area contributed by atoms with Crippen molar-refractivity contribution in [2.24, 2.45) is 0 Å². The summed E-state index contributed by atoms with van der Waals surface area (Å²) in [6, 6.07) is 9.85. The Bertz CT molecular complexity index is 431. The lowest BCUT2D eigenvalue weighted by molar-refractivity contribution is -0.140. The Morgan fingerprint density at radius 1 is 1.14 bits per heavy atom. The number of nitrogens with one attached hydrogen (secondary N) is 1. The second kappa shape index (κ2) is 9.97. The fourth-order valence-electron chi connectivity index (χ4n) is 2.27. The van der Waals surface area contributed by atoms with Gasteiger partial charge in [-0.1, -0.05) is 43.7 Å². The third kappa shape index (κ3) is 6.43. The first-order chi connectivity index (χ1) is 10.2. The Morgan fingerprint density at radius 2 is 1.86 bits per heavy atom. The molecule has 0 aliphatic rings. The lowest BCUT2D eigenvalue weighted by Crippen LogP contribution is -2.30. The molecule has 1 aromatic carbocycles. The summed E-state index contributed by atoms with van der Waals surface area (Å²) < 4.78 is 4.58. The average Bonchev–Trinajstić information content (AvgIpc) is 2.52. The van der Waals surface area contributed by atoms with Crippen molar-refractivity contribution in [2.45, 2.75) is 44.9 Å². The van der Waals surface area contributed by atoms with Crippen LogP contribution in [-0.4, -0.2) is 25.5 Å². The van der Waals surface area contributed by atoms with E-state index in [1.807, 2.05) is 37.3 Å². The van der Waals surface area contributed by atoms with E-state index in [0.717, 1.165) is 31.2 Å². The number of unbranched alkanes of at least 4 members (excludes halogenated alkanes) is 2. The predicted molar refractivity (Wildman–Crippen MR) is 83.0 cm³/mol. The van der Waals surface area contributed by atoms with Crippen molar-refractivity contribution in [3.05, 3.63) is 35.9 Å². The van der Waals surface area contributed by atoms with E-state index in [1.54, 1.807) is 0 Å². The molecule has 0 saturated carbocycles. The Kier molecular flexibility index (Phi) is 8.17. The van der Waals surface area contributed by atoms with Crippen molar-refractivity contribution in [3.8, 4) is 0 Å². The van der Waals surface area contributed by atoms with Gasteiger partial charge in [-0.2, -0.15) is 0 Å². The van der Waals surface area contributed by atoms with E-state index >= 15 is 0 Å². The van der Waals surface area contributed by atoms with Gasteiger partial charge in [-0.3, -0.25) is 9.59 Å². The molecule has 21 heavy (non-hydrogen) atoms. The highest BCUT2D eigenvalue weighted by Crippen LogP contribution is 2.19. The summed E-state index contributed by atoms with van der Waals surface area (Å²) >= 11 is 0. The first-order valence-electron chi connectivity index (χ1n) is 7.58. The summed E-state index contributed by atoms with van der Waals surface area (Å²) in [7, 11) is 1.40. The summed E-state index contributed by atoms with van der Waals surface area (Å²) in [6.45, 7) is 2.68. The van der Waals surface area contributed by atoms with Crippen molar-refractivity contribution in [2.75, 3.05) is 13.7 Å². The van der Waals surface area contributed by atoms with Crippen LogP contribution >= 0.6 is 0 Å². The number of rotatable bonds is 9. The predicted octanol–water partition coefficient (Wildman–Crippen LogP) is 3.03. The SMILES string of the molecule is CCC(C(=O)NCCCCCC(=O)OC)c1ccccc1. The zero-order valence-corrected chi connectivity index (χ0v) is 12.9. The van der Waals surface area contributed by atoms with Crippen molar-refractivity contribution in [1.29, 1.82) is 0 Å². The average molecular weight is 291 g/mol. The van der Waals surface area contributed by atoms with Gasteiger partial charge in [-0.15, -0.1) is 0 Å². The minimum absolute atomic E-state index is 0.0802. The van der Waals surface area contributed by atoms with Crippen LogP contribution in [0.4, 0.5) is 0 Å². The third-order valence-electron chi connectivity index (χ3n) is 3.51. The Labute approximate surface area is 126 Å². The monoisotopic (exact) mass is 291 g/mol. The van der Waals surface area contributed by atoms with Gasteiger partial charge in [0.2, 0.25) is 5.91 Å². The molecule has 0 fully saturated rings. The molecule has 4 heteroatoms. The number of methoxy groups -OCH3 is 1. The molecule has 0 heterocycles. The topological polar surface area (TPSA) is 55.4 Å². The number of esters is 1. The van der Waals surface area contributed by atoms with Gasteiger partial charge in [0, 0.05) is 13.0 Å². The Morgan fingerprint density at radius 3 is 2.48 bits per heavy atom. The molecule has 4 nitrogen and oxygen atoms in total. The summed E-state index contributed by atoms with van der Waals surface area (Å²) in [5.41, 5.74) is 1.06. The van der Waals surface area contributed by atoms with Crippen LogP contribution in [0.2, 0.25) is 0 Å². The number of carbonyl (C=O) groups is 2. The molecular formula is C17H25NO3. The maximum Gasteiger partial charge on any atom is 0.305 e. The zero-order valence-electron chi connectivity index (χ0n) is 12.9. The molecule has 0 aliphatic carbocycles. The van der Waals surface area contributed by atoms with E-state index in [1.165, 1.54) is 7.11 Å². The molecule has 0 bridgehead atoms. The second-order valence-electron chi connectivity index (χ2n) is 5.05. The first kappa shape index (κ1) is 17.2. The third-order valence-corrected chi connectivity index (χ3v) is 3.51. The number of amides is 1. The van der Waals surface area contributed by atoms with E-state index in [-0.39, 0.29) is 17.8 Å². The van der Waals surface area contributed by atoms with E-state index in [9.17, 15) is 9.59 Å². The second-order valence-corrected chi connectivity index (χ2v) is 5.05. The molecule has 0 spiro atoms. The van der Waals surface area contributed by atoms with Crippen molar-refractivity contribution >= 4 is 11.9 Å². The zero-order chi connectivity index (χ0) is 15.5. The summed E-state index contributed by atoms with van der Waals surface area (Å²) in [4.78, 5) is 23.1. The maximum atomic E-state index is 12.2. The minimum Gasteiger partial charge on any atom is -0.469 e. The number of benzene rings is 1. The summed E-state index contributed by atoms with van der Waals surface area (Å²) in [5.74, 6) is -0.174. The highest BCUT2D eigenvalue weighted by molar-refractivity contribution is 5.83. The van der Waals surface area contributed by atoms with E-state index in [2.05, 4.69) is 10.1 Å². The number of ether oxygens (including phenoxy) is 1. The van der Waals surface area contributed by atoms with Gasteiger partial charge in [0.05, 0.1) is 13.0 Å². The molecule has 1 atom stereocenters. The van der Waals surface area contributed by atoms with Crippen LogP contribution in [0.25, 0.3) is 0 Å². The number of carbonyl (C=O) groups excluding carboxylic acids is 2. The van der Waals surface area contributed by atoms with E-state index < -0.39 is 0 Å². The van der Waals surface area contributed by atoms with E-state index in [0.29, 0.717) is 13.0 Å². The van der Waals surface area contributed by atoms with Gasteiger partial charge in [0.15, 0.2) is 0 Å². The highest BCUT2D eigenvalue weighted by Gasteiger charge is 2.17. The molecule has 0 aromatic heterocycles. The van der Waals surface area contributed by atoms with E-state index in [4.69, 9.17) is 0 Å². The highest BCUT2D eigenvalue weighted by atomic mass is 16.5. The van der Waals surface area contributed by atoms with Crippen LogP contribution < -0.4 is 5.32 Å². The van der Waals surface area contributed by atoms with Crippen molar-refractivity contribution in [3.63, 3.8) is 0 Å². The molecule has 0 saturated heterocycles. The van der Waals surface area contributed by atoms with Gasteiger partial charge in [-0.25, -0.2) is 0 Å². The number of hydrogen-bond acceptors (Lipinski definition) is 3. The van der Waals surface area contributed by atoms with Crippen LogP contribution in [0.3, 0.4) is 0 Å². The van der Waals surface area contributed by atoms with Crippen LogP contribution in [0, 0.1) is 0 Å². The Balaban J connectivity index is 2.25. The lowest BCUT2D eigenvalue weighted by Gasteiger charge is -2.15. The van der Waals surface area contributed by atoms with Crippen LogP contribution in [0.15, 0.2) is 30.3 Å². The van der Waals surface area contributed by atoms with Gasteiger partial charge >= 0.3 is 5.97 Å². The molecule has 0 radical (unpaired) electrons. The van der Waals surface area contributed by atoms with Gasteiger partial charge in [0.1, 0.15) is 0 Å². The molecule has 0 aliphatic heterocycles. The largest absolute Gasteiger partial charge is 0.469 e. The molecule has 1 amide bonds. The van der Waals surface area contributed by atoms with Gasteiger partial charge in [-0.05, 0) is 24.8 Å². The quantitative estimate of drug-likeness (QED) is 0.562. The maximum absolute atomic E-state index is 12.2. The van der Waals surface area contributed by atoms with Crippen molar-refractivity contribution < 1.29 is 14.3 Å². The minimum atomic E-state index is -0.172. The standard InChI is InChI=1S/C17H25NO3/c1-3-15(14-10-6-4-7-11-14)17(20)18-13-9-5-8-12-16(19)21-2/h4,6-7,10-11,15H,3,5,8-9,12-13H2,1-2H3,(H,18,20). The van der Waals surface area contributed by atoms with Gasteiger partial charge < -0.3 is 10.1 Å². The smallest absolute Gasteiger partial charge is 0.305 e.